The third-order valence-corrected chi connectivity index (χ3v) is 3.89. The van der Waals surface area contributed by atoms with E-state index < -0.39 is 0 Å². The molecule has 0 bridgehead atoms. The minimum absolute atomic E-state index is 0.162. The molecule has 96 valence electrons. The van der Waals surface area contributed by atoms with Crippen LogP contribution in [-0.2, 0) is 0 Å². The van der Waals surface area contributed by atoms with Gasteiger partial charge in [-0.25, -0.2) is 0 Å². The molecule has 0 spiro atoms. The quantitative estimate of drug-likeness (QED) is 0.601. The van der Waals surface area contributed by atoms with Gasteiger partial charge in [-0.15, -0.1) is 0 Å². The summed E-state index contributed by atoms with van der Waals surface area (Å²) in [5, 5.41) is 0.735. The van der Waals surface area contributed by atoms with Gasteiger partial charge in [0.05, 0.1) is 0 Å². The van der Waals surface area contributed by atoms with E-state index in [0.29, 0.717) is 5.92 Å². The molecule has 0 aromatic heterocycles. The van der Waals surface area contributed by atoms with Gasteiger partial charge in [0.1, 0.15) is 0 Å². The van der Waals surface area contributed by atoms with Crippen LogP contribution in [0.2, 0.25) is 5.02 Å². The van der Waals surface area contributed by atoms with Crippen molar-refractivity contribution in [3.63, 3.8) is 0 Å². The van der Waals surface area contributed by atoms with Crippen LogP contribution in [0.1, 0.15) is 44.7 Å². The van der Waals surface area contributed by atoms with Crippen molar-refractivity contribution in [1.82, 2.24) is 5.43 Å². The Kier molecular flexibility index (Phi) is 6.49. The van der Waals surface area contributed by atoms with Gasteiger partial charge in [-0.1, -0.05) is 54.2 Å². The first-order valence-electron chi connectivity index (χ1n) is 6.02. The van der Waals surface area contributed by atoms with E-state index in [1.807, 2.05) is 12.1 Å². The predicted molar refractivity (Wildman–Crippen MR) is 77.9 cm³/mol. The standard InChI is InChI=1S/C13H20BrClN2/c1-3-9(4-2)5-13(17-16)10-6-11(14)8-12(15)7-10/h6-9,13,17H,3-5,16H2,1-2H3. The molecule has 0 saturated heterocycles. The number of hydrogen-bond donors (Lipinski definition) is 2. The maximum absolute atomic E-state index is 6.06. The minimum atomic E-state index is 0.162. The number of rotatable bonds is 6. The summed E-state index contributed by atoms with van der Waals surface area (Å²) in [5.74, 6) is 6.34. The Hall–Kier alpha value is -0.0900. The van der Waals surface area contributed by atoms with Gasteiger partial charge in [0.25, 0.3) is 0 Å². The second-order valence-corrected chi connectivity index (χ2v) is 5.69. The number of nitrogens with two attached hydrogens (primary N) is 1. The highest BCUT2D eigenvalue weighted by Crippen LogP contribution is 2.29. The number of nitrogens with one attached hydrogen (secondary N) is 1. The van der Waals surface area contributed by atoms with Crippen LogP contribution in [0.3, 0.4) is 0 Å². The van der Waals surface area contributed by atoms with E-state index >= 15 is 0 Å². The molecule has 0 saturated carbocycles. The molecule has 4 heteroatoms. The van der Waals surface area contributed by atoms with Crippen molar-refractivity contribution in [2.24, 2.45) is 11.8 Å². The molecule has 0 radical (unpaired) electrons. The maximum atomic E-state index is 6.06. The molecule has 0 fully saturated rings. The molecular formula is C13H20BrClN2. The molecule has 1 rings (SSSR count). The van der Waals surface area contributed by atoms with Gasteiger partial charge in [0, 0.05) is 15.5 Å². The molecule has 2 nitrogen and oxygen atoms in total. The third-order valence-electron chi connectivity index (χ3n) is 3.21. The highest BCUT2D eigenvalue weighted by Gasteiger charge is 2.15. The largest absolute Gasteiger partial charge is 0.271 e. The number of halogens is 2. The fourth-order valence-electron chi connectivity index (χ4n) is 2.03. The first kappa shape index (κ1) is 15.0. The SMILES string of the molecule is CCC(CC)CC(NN)c1cc(Cl)cc(Br)c1. The van der Waals surface area contributed by atoms with Crippen molar-refractivity contribution in [2.75, 3.05) is 0 Å². The number of hydrazine groups is 1. The van der Waals surface area contributed by atoms with Crippen molar-refractivity contribution in [1.29, 1.82) is 0 Å². The highest BCUT2D eigenvalue weighted by atomic mass is 79.9. The molecule has 0 aliphatic rings. The van der Waals surface area contributed by atoms with E-state index in [9.17, 15) is 0 Å². The second-order valence-electron chi connectivity index (χ2n) is 4.34. The van der Waals surface area contributed by atoms with Crippen molar-refractivity contribution in [2.45, 2.75) is 39.2 Å². The van der Waals surface area contributed by atoms with Crippen molar-refractivity contribution >= 4 is 27.5 Å². The molecule has 3 N–H and O–H groups in total. The monoisotopic (exact) mass is 318 g/mol. The predicted octanol–water partition coefficient (Wildman–Crippen LogP) is 4.43. The van der Waals surface area contributed by atoms with Gasteiger partial charge in [-0.3, -0.25) is 11.3 Å². The lowest BCUT2D eigenvalue weighted by atomic mass is 9.91. The summed E-state index contributed by atoms with van der Waals surface area (Å²) in [7, 11) is 0. The van der Waals surface area contributed by atoms with Crippen LogP contribution in [-0.4, -0.2) is 0 Å². The van der Waals surface area contributed by atoms with Gasteiger partial charge < -0.3 is 0 Å². The normalized spacial score (nSPS) is 13.1. The summed E-state index contributed by atoms with van der Waals surface area (Å²) < 4.78 is 0.991. The summed E-state index contributed by atoms with van der Waals surface area (Å²) in [6.07, 6.45) is 3.39. The van der Waals surface area contributed by atoms with Crippen LogP contribution in [0.15, 0.2) is 22.7 Å². The van der Waals surface area contributed by atoms with Crippen LogP contribution in [0, 0.1) is 5.92 Å². The van der Waals surface area contributed by atoms with Gasteiger partial charge in [-0.2, -0.15) is 0 Å². The molecule has 0 amide bonds. The number of benzene rings is 1. The van der Waals surface area contributed by atoms with E-state index in [4.69, 9.17) is 17.4 Å². The fourth-order valence-corrected chi connectivity index (χ4v) is 2.92. The molecule has 1 atom stereocenters. The molecular weight excluding hydrogens is 300 g/mol. The molecule has 1 unspecified atom stereocenters. The molecule has 0 heterocycles. The van der Waals surface area contributed by atoms with Crippen LogP contribution < -0.4 is 11.3 Å². The van der Waals surface area contributed by atoms with Crippen LogP contribution >= 0.6 is 27.5 Å². The summed E-state index contributed by atoms with van der Waals surface area (Å²) in [4.78, 5) is 0. The van der Waals surface area contributed by atoms with E-state index in [-0.39, 0.29) is 6.04 Å². The van der Waals surface area contributed by atoms with Crippen molar-refractivity contribution < 1.29 is 0 Å². The lowest BCUT2D eigenvalue weighted by Gasteiger charge is -2.22. The lowest BCUT2D eigenvalue weighted by Crippen LogP contribution is -2.29. The summed E-state index contributed by atoms with van der Waals surface area (Å²) >= 11 is 9.51. The minimum Gasteiger partial charge on any atom is -0.271 e. The average Bonchev–Trinajstić information content (AvgIpc) is 2.29. The topological polar surface area (TPSA) is 38.0 Å². The number of hydrogen-bond acceptors (Lipinski definition) is 2. The average molecular weight is 320 g/mol. The van der Waals surface area contributed by atoms with E-state index in [2.05, 4.69) is 41.3 Å². The molecule has 1 aromatic rings. The van der Waals surface area contributed by atoms with Crippen molar-refractivity contribution in [3.8, 4) is 0 Å². The Bertz CT molecular complexity index is 333. The Morgan fingerprint density at radius 1 is 1.29 bits per heavy atom. The third kappa shape index (κ3) is 4.59. The van der Waals surface area contributed by atoms with Crippen molar-refractivity contribution in [3.05, 3.63) is 33.3 Å². The van der Waals surface area contributed by atoms with Gasteiger partial charge in [-0.05, 0) is 36.1 Å². The molecule has 0 aliphatic carbocycles. The lowest BCUT2D eigenvalue weighted by molar-refractivity contribution is 0.375. The van der Waals surface area contributed by atoms with E-state index in [0.717, 1.165) is 21.5 Å². The Morgan fingerprint density at radius 3 is 2.41 bits per heavy atom. The van der Waals surface area contributed by atoms with E-state index in [1.54, 1.807) is 0 Å². The summed E-state index contributed by atoms with van der Waals surface area (Å²) in [5.41, 5.74) is 4.03. The first-order chi connectivity index (χ1) is 8.10. The fraction of sp³-hybridized carbons (Fsp3) is 0.538. The van der Waals surface area contributed by atoms with Gasteiger partial charge in [0.15, 0.2) is 0 Å². The molecule has 1 aromatic carbocycles. The maximum Gasteiger partial charge on any atom is 0.0463 e. The summed E-state index contributed by atoms with van der Waals surface area (Å²) in [6.45, 7) is 4.44. The van der Waals surface area contributed by atoms with E-state index in [1.165, 1.54) is 12.8 Å². The first-order valence-corrected chi connectivity index (χ1v) is 7.19. The second kappa shape index (κ2) is 7.37. The van der Waals surface area contributed by atoms with Gasteiger partial charge >= 0.3 is 0 Å². The molecule has 17 heavy (non-hydrogen) atoms. The zero-order valence-electron chi connectivity index (χ0n) is 10.3. The molecule has 0 aliphatic heterocycles. The Balaban J connectivity index is 2.85. The zero-order chi connectivity index (χ0) is 12.8. The van der Waals surface area contributed by atoms with Crippen LogP contribution in [0.5, 0.6) is 0 Å². The summed E-state index contributed by atoms with van der Waals surface area (Å²) in [6, 6.07) is 6.09. The van der Waals surface area contributed by atoms with Gasteiger partial charge in [0.2, 0.25) is 0 Å². The smallest absolute Gasteiger partial charge is 0.0463 e. The zero-order valence-corrected chi connectivity index (χ0v) is 12.7. The van der Waals surface area contributed by atoms with Crippen LogP contribution in [0.25, 0.3) is 0 Å². The Morgan fingerprint density at radius 2 is 1.94 bits per heavy atom. The van der Waals surface area contributed by atoms with Crippen LogP contribution in [0.4, 0.5) is 0 Å². The Labute approximate surface area is 117 Å². The highest BCUT2D eigenvalue weighted by molar-refractivity contribution is 9.10.